The lowest BCUT2D eigenvalue weighted by Gasteiger charge is -2.35. The van der Waals surface area contributed by atoms with Gasteiger partial charge in [-0.1, -0.05) is 0 Å². The van der Waals surface area contributed by atoms with Gasteiger partial charge in [-0.25, -0.2) is 0 Å². The number of piperidine rings is 1. The molecule has 0 aromatic heterocycles. The molecular formula is C13H26N2O. The average molecular weight is 226 g/mol. The van der Waals surface area contributed by atoms with Crippen molar-refractivity contribution in [1.29, 1.82) is 0 Å². The maximum atomic E-state index is 5.63. The third-order valence-electron chi connectivity index (χ3n) is 4.13. The number of hydrogen-bond acceptors (Lipinski definition) is 3. The van der Waals surface area contributed by atoms with Crippen molar-refractivity contribution in [3.05, 3.63) is 0 Å². The molecule has 3 heteroatoms. The smallest absolute Gasteiger partial charge is 0.0588 e. The Hall–Kier alpha value is -0.120. The van der Waals surface area contributed by atoms with Gasteiger partial charge in [-0.05, 0) is 59.2 Å². The summed E-state index contributed by atoms with van der Waals surface area (Å²) in [5, 5.41) is 3.69. The third kappa shape index (κ3) is 3.44. The van der Waals surface area contributed by atoms with Crippen molar-refractivity contribution >= 4 is 0 Å². The molecule has 2 heterocycles. The second-order valence-corrected chi connectivity index (χ2v) is 5.43. The van der Waals surface area contributed by atoms with E-state index in [4.69, 9.17) is 4.74 Å². The fraction of sp³-hybridized carbons (Fsp3) is 1.00. The largest absolute Gasteiger partial charge is 0.378 e. The molecule has 0 aromatic carbocycles. The molecule has 2 rings (SSSR count). The summed E-state index contributed by atoms with van der Waals surface area (Å²) in [5.41, 5.74) is 0. The van der Waals surface area contributed by atoms with Crippen LogP contribution in [0.4, 0.5) is 0 Å². The van der Waals surface area contributed by atoms with E-state index in [1.165, 1.54) is 38.6 Å². The van der Waals surface area contributed by atoms with Crippen LogP contribution < -0.4 is 5.32 Å². The van der Waals surface area contributed by atoms with Gasteiger partial charge in [0.2, 0.25) is 0 Å². The normalized spacial score (nSPS) is 36.8. The summed E-state index contributed by atoms with van der Waals surface area (Å²) in [4.78, 5) is 2.46. The zero-order chi connectivity index (χ0) is 11.4. The highest BCUT2D eigenvalue weighted by Gasteiger charge is 2.22. The molecule has 2 fully saturated rings. The minimum absolute atomic E-state index is 0.538. The van der Waals surface area contributed by atoms with Crippen LogP contribution in [0.25, 0.3) is 0 Å². The summed E-state index contributed by atoms with van der Waals surface area (Å²) in [6.45, 7) is 5.67. The minimum Gasteiger partial charge on any atom is -0.378 e. The van der Waals surface area contributed by atoms with Gasteiger partial charge in [0.1, 0.15) is 0 Å². The Morgan fingerprint density at radius 1 is 1.38 bits per heavy atom. The van der Waals surface area contributed by atoms with Gasteiger partial charge in [-0.2, -0.15) is 0 Å². The molecule has 0 saturated carbocycles. The van der Waals surface area contributed by atoms with Crippen LogP contribution in [0.5, 0.6) is 0 Å². The number of nitrogens with zero attached hydrogens (tertiary/aromatic N) is 1. The van der Waals surface area contributed by atoms with E-state index in [1.807, 2.05) is 0 Å². The molecular weight excluding hydrogens is 200 g/mol. The second-order valence-electron chi connectivity index (χ2n) is 5.43. The molecule has 0 spiro atoms. The first-order chi connectivity index (χ1) is 7.75. The van der Waals surface area contributed by atoms with Gasteiger partial charge < -0.3 is 15.0 Å². The number of nitrogens with one attached hydrogen (secondary N) is 1. The molecule has 16 heavy (non-hydrogen) atoms. The molecule has 0 bridgehead atoms. The predicted molar refractivity (Wildman–Crippen MR) is 66.7 cm³/mol. The van der Waals surface area contributed by atoms with Gasteiger partial charge in [-0.3, -0.25) is 0 Å². The highest BCUT2D eigenvalue weighted by molar-refractivity contribution is 4.81. The topological polar surface area (TPSA) is 24.5 Å². The van der Waals surface area contributed by atoms with Gasteiger partial charge in [0.05, 0.1) is 6.10 Å². The summed E-state index contributed by atoms with van der Waals surface area (Å²) in [7, 11) is 2.23. The fourth-order valence-corrected chi connectivity index (χ4v) is 2.80. The lowest BCUT2D eigenvalue weighted by molar-refractivity contribution is 0.101. The summed E-state index contributed by atoms with van der Waals surface area (Å²) >= 11 is 0. The molecule has 2 aliphatic heterocycles. The first-order valence-corrected chi connectivity index (χ1v) is 6.81. The van der Waals surface area contributed by atoms with E-state index < -0.39 is 0 Å². The molecule has 3 atom stereocenters. The van der Waals surface area contributed by atoms with Gasteiger partial charge in [-0.15, -0.1) is 0 Å². The quantitative estimate of drug-likeness (QED) is 0.788. The van der Waals surface area contributed by atoms with Crippen molar-refractivity contribution < 1.29 is 4.74 Å². The van der Waals surface area contributed by atoms with Crippen LogP contribution in [-0.4, -0.2) is 49.8 Å². The van der Waals surface area contributed by atoms with Crippen molar-refractivity contribution in [1.82, 2.24) is 10.2 Å². The maximum absolute atomic E-state index is 5.63. The van der Waals surface area contributed by atoms with E-state index in [2.05, 4.69) is 24.2 Å². The van der Waals surface area contributed by atoms with E-state index in [-0.39, 0.29) is 0 Å². The van der Waals surface area contributed by atoms with Crippen molar-refractivity contribution in [2.75, 3.05) is 26.7 Å². The SMILES string of the molecule is CC1CC(NCCC2CCCO2)CCN1C. The van der Waals surface area contributed by atoms with Crippen molar-refractivity contribution in [3.8, 4) is 0 Å². The first-order valence-electron chi connectivity index (χ1n) is 6.81. The van der Waals surface area contributed by atoms with Crippen molar-refractivity contribution in [3.63, 3.8) is 0 Å². The predicted octanol–water partition coefficient (Wildman–Crippen LogP) is 1.63. The average Bonchev–Trinajstić information content (AvgIpc) is 2.76. The van der Waals surface area contributed by atoms with Crippen LogP contribution in [-0.2, 0) is 4.74 Å². The summed E-state index contributed by atoms with van der Waals surface area (Å²) < 4.78 is 5.63. The van der Waals surface area contributed by atoms with Crippen LogP contribution in [0.15, 0.2) is 0 Å². The zero-order valence-electron chi connectivity index (χ0n) is 10.7. The Labute approximate surface area is 99.5 Å². The molecule has 0 radical (unpaired) electrons. The first kappa shape index (κ1) is 12.3. The van der Waals surface area contributed by atoms with Crippen LogP contribution in [0.3, 0.4) is 0 Å². The van der Waals surface area contributed by atoms with E-state index in [9.17, 15) is 0 Å². The van der Waals surface area contributed by atoms with Gasteiger partial charge >= 0.3 is 0 Å². The Bertz CT molecular complexity index is 204. The Morgan fingerprint density at radius 2 is 2.25 bits per heavy atom. The minimum atomic E-state index is 0.538. The van der Waals surface area contributed by atoms with E-state index in [0.29, 0.717) is 6.10 Å². The highest BCUT2D eigenvalue weighted by atomic mass is 16.5. The number of ether oxygens (including phenoxy) is 1. The summed E-state index contributed by atoms with van der Waals surface area (Å²) in [5.74, 6) is 0. The number of hydrogen-bond donors (Lipinski definition) is 1. The van der Waals surface area contributed by atoms with Crippen LogP contribution in [0.1, 0.15) is 39.0 Å². The number of likely N-dealkylation sites (tertiary alicyclic amines) is 1. The van der Waals surface area contributed by atoms with E-state index >= 15 is 0 Å². The second kappa shape index (κ2) is 5.99. The van der Waals surface area contributed by atoms with Crippen LogP contribution >= 0.6 is 0 Å². The Morgan fingerprint density at radius 3 is 2.94 bits per heavy atom. The zero-order valence-corrected chi connectivity index (χ0v) is 10.7. The lowest BCUT2D eigenvalue weighted by atomic mass is 9.99. The number of rotatable bonds is 4. The lowest BCUT2D eigenvalue weighted by Crippen LogP contribution is -2.46. The molecule has 0 aliphatic carbocycles. The molecule has 1 N–H and O–H groups in total. The van der Waals surface area contributed by atoms with Crippen molar-refractivity contribution in [2.24, 2.45) is 0 Å². The van der Waals surface area contributed by atoms with Gasteiger partial charge in [0.25, 0.3) is 0 Å². The molecule has 94 valence electrons. The molecule has 0 amide bonds. The third-order valence-corrected chi connectivity index (χ3v) is 4.13. The standard InChI is InChI=1S/C13H26N2O/c1-11-10-12(6-8-15(11)2)14-7-5-13-4-3-9-16-13/h11-14H,3-10H2,1-2H3. The Kier molecular flexibility index (Phi) is 4.62. The highest BCUT2D eigenvalue weighted by Crippen LogP contribution is 2.17. The molecule has 2 aliphatic rings. The summed E-state index contributed by atoms with van der Waals surface area (Å²) in [6, 6.07) is 1.46. The van der Waals surface area contributed by atoms with Crippen LogP contribution in [0, 0.1) is 0 Å². The summed E-state index contributed by atoms with van der Waals surface area (Å²) in [6.07, 6.45) is 6.85. The van der Waals surface area contributed by atoms with Crippen molar-refractivity contribution in [2.45, 2.75) is 57.2 Å². The molecule has 3 unspecified atom stereocenters. The monoisotopic (exact) mass is 226 g/mol. The van der Waals surface area contributed by atoms with Gasteiger partial charge in [0.15, 0.2) is 0 Å². The fourth-order valence-electron chi connectivity index (χ4n) is 2.80. The molecule has 0 aromatic rings. The van der Waals surface area contributed by atoms with E-state index in [0.717, 1.165) is 25.2 Å². The Balaban J connectivity index is 1.59. The van der Waals surface area contributed by atoms with Crippen LogP contribution in [0.2, 0.25) is 0 Å². The molecule has 2 saturated heterocycles. The van der Waals surface area contributed by atoms with Gasteiger partial charge in [0, 0.05) is 18.7 Å². The van der Waals surface area contributed by atoms with E-state index in [1.54, 1.807) is 0 Å². The maximum Gasteiger partial charge on any atom is 0.0588 e. The molecule has 3 nitrogen and oxygen atoms in total.